The zero-order chi connectivity index (χ0) is 14.7. The Morgan fingerprint density at radius 1 is 1.24 bits per heavy atom. The van der Waals surface area contributed by atoms with Crippen LogP contribution in [0.4, 0.5) is 5.82 Å². The number of nitrogens with zero attached hydrogens (tertiary/aromatic N) is 3. The Hall–Kier alpha value is -2.89. The SMILES string of the molecule is COC(=O)c1ccc(NCc2cnc3ccccn23)nc1. The van der Waals surface area contributed by atoms with E-state index in [2.05, 4.69) is 20.0 Å². The van der Waals surface area contributed by atoms with E-state index in [9.17, 15) is 4.79 Å². The van der Waals surface area contributed by atoms with Crippen molar-refractivity contribution in [2.75, 3.05) is 12.4 Å². The second kappa shape index (κ2) is 5.62. The van der Waals surface area contributed by atoms with E-state index in [0.29, 0.717) is 17.9 Å². The second-order valence-electron chi connectivity index (χ2n) is 4.46. The fourth-order valence-electron chi connectivity index (χ4n) is 2.03. The summed E-state index contributed by atoms with van der Waals surface area (Å²) in [6.45, 7) is 0.593. The van der Waals surface area contributed by atoms with Crippen molar-refractivity contribution in [1.29, 1.82) is 0 Å². The first-order valence-electron chi connectivity index (χ1n) is 6.47. The van der Waals surface area contributed by atoms with Gasteiger partial charge < -0.3 is 14.5 Å². The smallest absolute Gasteiger partial charge is 0.339 e. The Kier molecular flexibility index (Phi) is 3.51. The number of rotatable bonds is 4. The van der Waals surface area contributed by atoms with Gasteiger partial charge in [0.05, 0.1) is 31.1 Å². The van der Waals surface area contributed by atoms with Crippen LogP contribution in [0.1, 0.15) is 16.1 Å². The minimum absolute atomic E-state index is 0.393. The maximum absolute atomic E-state index is 11.3. The van der Waals surface area contributed by atoms with Gasteiger partial charge in [0.1, 0.15) is 11.5 Å². The first-order valence-corrected chi connectivity index (χ1v) is 6.47. The number of carbonyl (C=O) groups is 1. The van der Waals surface area contributed by atoms with Gasteiger partial charge in [0, 0.05) is 12.4 Å². The Balaban J connectivity index is 1.71. The maximum atomic E-state index is 11.3. The van der Waals surface area contributed by atoms with Crippen molar-refractivity contribution in [3.63, 3.8) is 0 Å². The van der Waals surface area contributed by atoms with Gasteiger partial charge in [-0.3, -0.25) is 0 Å². The third kappa shape index (κ3) is 2.69. The molecule has 3 heterocycles. The van der Waals surface area contributed by atoms with Crippen LogP contribution in [0.5, 0.6) is 0 Å². The van der Waals surface area contributed by atoms with E-state index >= 15 is 0 Å². The highest BCUT2D eigenvalue weighted by molar-refractivity contribution is 5.89. The molecule has 6 heteroatoms. The number of carbonyl (C=O) groups excluding carboxylic acids is 1. The molecule has 1 N–H and O–H groups in total. The van der Waals surface area contributed by atoms with Gasteiger partial charge in [0.2, 0.25) is 0 Å². The van der Waals surface area contributed by atoms with E-state index in [1.54, 1.807) is 12.1 Å². The molecule has 3 aromatic rings. The topological polar surface area (TPSA) is 68.5 Å². The highest BCUT2D eigenvalue weighted by Gasteiger charge is 2.06. The number of anilines is 1. The number of ether oxygens (including phenoxy) is 1. The summed E-state index contributed by atoms with van der Waals surface area (Å²) in [4.78, 5) is 19.8. The fraction of sp³-hybridized carbons (Fsp3) is 0.133. The predicted molar refractivity (Wildman–Crippen MR) is 78.1 cm³/mol. The quantitative estimate of drug-likeness (QED) is 0.742. The number of methoxy groups -OCH3 is 1. The Bertz CT molecular complexity index is 765. The highest BCUT2D eigenvalue weighted by Crippen LogP contribution is 2.10. The van der Waals surface area contributed by atoms with Crippen LogP contribution in [0.2, 0.25) is 0 Å². The van der Waals surface area contributed by atoms with Crippen molar-refractivity contribution in [2.45, 2.75) is 6.54 Å². The summed E-state index contributed by atoms with van der Waals surface area (Å²) in [6.07, 6.45) is 5.28. The van der Waals surface area contributed by atoms with Crippen LogP contribution in [0, 0.1) is 0 Å². The van der Waals surface area contributed by atoms with E-state index in [-0.39, 0.29) is 0 Å². The summed E-state index contributed by atoms with van der Waals surface area (Å²) in [5.41, 5.74) is 2.37. The summed E-state index contributed by atoms with van der Waals surface area (Å²) < 4.78 is 6.64. The molecule has 0 radical (unpaired) electrons. The summed E-state index contributed by atoms with van der Waals surface area (Å²) in [5, 5.41) is 3.20. The highest BCUT2D eigenvalue weighted by atomic mass is 16.5. The molecule has 0 aliphatic rings. The monoisotopic (exact) mass is 282 g/mol. The summed E-state index contributed by atoms with van der Waals surface area (Å²) in [6, 6.07) is 9.28. The minimum atomic E-state index is -0.393. The van der Waals surface area contributed by atoms with Crippen molar-refractivity contribution in [1.82, 2.24) is 14.4 Å². The lowest BCUT2D eigenvalue weighted by Crippen LogP contribution is -2.06. The second-order valence-corrected chi connectivity index (χ2v) is 4.46. The van der Waals surface area contributed by atoms with Gasteiger partial charge in [-0.2, -0.15) is 0 Å². The van der Waals surface area contributed by atoms with E-state index in [1.165, 1.54) is 13.3 Å². The number of fused-ring (bicyclic) bond motifs is 1. The lowest BCUT2D eigenvalue weighted by molar-refractivity contribution is 0.0600. The zero-order valence-corrected chi connectivity index (χ0v) is 11.5. The third-order valence-corrected chi connectivity index (χ3v) is 3.13. The van der Waals surface area contributed by atoms with Crippen molar-refractivity contribution in [3.8, 4) is 0 Å². The molecule has 0 saturated heterocycles. The van der Waals surface area contributed by atoms with E-state index in [0.717, 1.165) is 11.3 Å². The summed E-state index contributed by atoms with van der Waals surface area (Å²) >= 11 is 0. The largest absolute Gasteiger partial charge is 0.465 e. The predicted octanol–water partition coefficient (Wildman–Crippen LogP) is 2.13. The Labute approximate surface area is 121 Å². The molecular weight excluding hydrogens is 268 g/mol. The molecule has 0 aliphatic carbocycles. The number of imidazole rings is 1. The molecule has 0 fully saturated rings. The molecule has 0 spiro atoms. The van der Waals surface area contributed by atoms with Gasteiger partial charge in [0.15, 0.2) is 0 Å². The van der Waals surface area contributed by atoms with Crippen molar-refractivity contribution in [2.24, 2.45) is 0 Å². The lowest BCUT2D eigenvalue weighted by atomic mass is 10.3. The van der Waals surface area contributed by atoms with Crippen LogP contribution >= 0.6 is 0 Å². The molecule has 0 atom stereocenters. The number of pyridine rings is 2. The molecular formula is C15H14N4O2. The van der Waals surface area contributed by atoms with Gasteiger partial charge in [-0.1, -0.05) is 6.07 Å². The molecule has 3 aromatic heterocycles. The van der Waals surface area contributed by atoms with Gasteiger partial charge in [-0.25, -0.2) is 14.8 Å². The van der Waals surface area contributed by atoms with E-state index in [4.69, 9.17) is 0 Å². The number of nitrogens with one attached hydrogen (secondary N) is 1. The maximum Gasteiger partial charge on any atom is 0.339 e. The molecule has 3 rings (SSSR count). The molecule has 0 aromatic carbocycles. The van der Waals surface area contributed by atoms with Gasteiger partial charge >= 0.3 is 5.97 Å². The fourth-order valence-corrected chi connectivity index (χ4v) is 2.03. The molecule has 0 amide bonds. The van der Waals surface area contributed by atoms with Crippen LogP contribution in [-0.4, -0.2) is 27.4 Å². The minimum Gasteiger partial charge on any atom is -0.465 e. The summed E-state index contributed by atoms with van der Waals surface area (Å²) in [5.74, 6) is 0.296. The van der Waals surface area contributed by atoms with Gasteiger partial charge in [-0.15, -0.1) is 0 Å². The summed E-state index contributed by atoms with van der Waals surface area (Å²) in [7, 11) is 1.35. The molecule has 0 bridgehead atoms. The van der Waals surface area contributed by atoms with Gasteiger partial charge in [-0.05, 0) is 24.3 Å². The standard InChI is InChI=1S/C15H14N4O2/c1-21-15(20)11-5-6-13(16-8-11)17-9-12-10-18-14-4-2-3-7-19(12)14/h2-8,10H,9H2,1H3,(H,16,17). The molecule has 21 heavy (non-hydrogen) atoms. The average molecular weight is 282 g/mol. The molecule has 6 nitrogen and oxygen atoms in total. The molecule has 106 valence electrons. The zero-order valence-electron chi connectivity index (χ0n) is 11.5. The first kappa shape index (κ1) is 13.1. The average Bonchev–Trinajstić information content (AvgIpc) is 2.96. The first-order chi connectivity index (χ1) is 10.3. The molecule has 0 saturated carbocycles. The number of aromatic nitrogens is 3. The third-order valence-electron chi connectivity index (χ3n) is 3.13. The van der Waals surface area contributed by atoms with Crippen LogP contribution in [0.3, 0.4) is 0 Å². The van der Waals surface area contributed by atoms with Crippen molar-refractivity contribution in [3.05, 3.63) is 60.2 Å². The Morgan fingerprint density at radius 3 is 2.90 bits per heavy atom. The number of hydrogen-bond donors (Lipinski definition) is 1. The molecule has 0 aliphatic heterocycles. The lowest BCUT2D eigenvalue weighted by Gasteiger charge is -2.06. The van der Waals surface area contributed by atoms with Crippen LogP contribution in [-0.2, 0) is 11.3 Å². The van der Waals surface area contributed by atoms with E-state index < -0.39 is 5.97 Å². The van der Waals surface area contributed by atoms with Crippen molar-refractivity contribution < 1.29 is 9.53 Å². The normalized spacial score (nSPS) is 10.5. The van der Waals surface area contributed by atoms with Crippen LogP contribution in [0.25, 0.3) is 5.65 Å². The Morgan fingerprint density at radius 2 is 2.14 bits per heavy atom. The van der Waals surface area contributed by atoms with Crippen LogP contribution in [0.15, 0.2) is 48.9 Å². The van der Waals surface area contributed by atoms with Crippen molar-refractivity contribution >= 4 is 17.4 Å². The van der Waals surface area contributed by atoms with E-state index in [1.807, 2.05) is 35.0 Å². The number of esters is 1. The van der Waals surface area contributed by atoms with Gasteiger partial charge in [0.25, 0.3) is 0 Å². The molecule has 0 unspecified atom stereocenters. The number of hydrogen-bond acceptors (Lipinski definition) is 5. The van der Waals surface area contributed by atoms with Crippen LogP contribution < -0.4 is 5.32 Å².